The van der Waals surface area contributed by atoms with Crippen molar-refractivity contribution >= 4 is 11.9 Å². The zero-order valence-electron chi connectivity index (χ0n) is 11.5. The van der Waals surface area contributed by atoms with Crippen molar-refractivity contribution in [1.29, 1.82) is 0 Å². The van der Waals surface area contributed by atoms with E-state index in [1.807, 2.05) is 0 Å². The summed E-state index contributed by atoms with van der Waals surface area (Å²) in [6.45, 7) is 2.05. The summed E-state index contributed by atoms with van der Waals surface area (Å²) in [5, 5.41) is 8.59. The summed E-state index contributed by atoms with van der Waals surface area (Å²) >= 11 is 0. The van der Waals surface area contributed by atoms with Gasteiger partial charge in [0.15, 0.2) is 0 Å². The van der Waals surface area contributed by atoms with Gasteiger partial charge in [0.25, 0.3) is 0 Å². The van der Waals surface area contributed by atoms with Crippen molar-refractivity contribution in [2.75, 3.05) is 19.6 Å². The summed E-state index contributed by atoms with van der Waals surface area (Å²) in [7, 11) is 0. The van der Waals surface area contributed by atoms with Crippen LogP contribution in [0.15, 0.2) is 0 Å². The molecule has 2 rings (SSSR count). The van der Waals surface area contributed by atoms with Gasteiger partial charge in [-0.05, 0) is 18.8 Å². The molecule has 2 aliphatic rings. The minimum Gasteiger partial charge on any atom is -0.356 e. The first-order chi connectivity index (χ1) is 9.24. The van der Waals surface area contributed by atoms with E-state index < -0.39 is 0 Å². The fraction of sp³-hybridized carbons (Fsp3) is 0.857. The molecular weight excluding hydrogens is 242 g/mol. The molecule has 19 heavy (non-hydrogen) atoms. The predicted octanol–water partition coefficient (Wildman–Crippen LogP) is 1.39. The average Bonchev–Trinajstić information content (AvgIpc) is 2.66. The van der Waals surface area contributed by atoms with Gasteiger partial charge in [0.2, 0.25) is 5.91 Å². The largest absolute Gasteiger partial charge is 0.356 e. The first-order valence-corrected chi connectivity index (χ1v) is 7.52. The molecule has 0 radical (unpaired) electrons. The van der Waals surface area contributed by atoms with Crippen LogP contribution in [0.5, 0.6) is 0 Å². The molecule has 0 bridgehead atoms. The summed E-state index contributed by atoms with van der Waals surface area (Å²) < 4.78 is 0. The van der Waals surface area contributed by atoms with E-state index in [4.69, 9.17) is 0 Å². The maximum absolute atomic E-state index is 11.7. The number of urea groups is 1. The Kier molecular flexibility index (Phi) is 5.48. The quantitative estimate of drug-likeness (QED) is 0.674. The number of hydrogen-bond acceptors (Lipinski definition) is 2. The zero-order chi connectivity index (χ0) is 13.5. The van der Waals surface area contributed by atoms with E-state index in [9.17, 15) is 9.59 Å². The third-order valence-electron chi connectivity index (χ3n) is 4.14. The molecule has 1 unspecified atom stereocenters. The molecule has 1 aliphatic heterocycles. The van der Waals surface area contributed by atoms with Gasteiger partial charge in [0.1, 0.15) is 0 Å². The zero-order valence-corrected chi connectivity index (χ0v) is 11.5. The Bertz CT molecular complexity index is 312. The van der Waals surface area contributed by atoms with Gasteiger partial charge < -0.3 is 16.0 Å². The molecule has 5 nitrogen and oxygen atoms in total. The molecule has 108 valence electrons. The molecule has 1 saturated heterocycles. The van der Waals surface area contributed by atoms with Crippen LogP contribution in [0.25, 0.3) is 0 Å². The van der Waals surface area contributed by atoms with Gasteiger partial charge in [0.05, 0.1) is 0 Å². The molecule has 1 aliphatic carbocycles. The molecule has 1 atom stereocenters. The summed E-state index contributed by atoms with van der Waals surface area (Å²) in [6.07, 6.45) is 8.27. The van der Waals surface area contributed by atoms with Crippen LogP contribution in [0.2, 0.25) is 0 Å². The van der Waals surface area contributed by atoms with E-state index in [0.717, 1.165) is 6.54 Å². The highest BCUT2D eigenvalue weighted by Crippen LogP contribution is 2.21. The summed E-state index contributed by atoms with van der Waals surface area (Å²) in [5.74, 6) is 0.977. The Morgan fingerprint density at radius 1 is 1.05 bits per heavy atom. The second-order valence-corrected chi connectivity index (χ2v) is 5.82. The fourth-order valence-electron chi connectivity index (χ4n) is 2.91. The first kappa shape index (κ1) is 14.2. The second kappa shape index (κ2) is 7.36. The number of carbonyl (C=O) groups excluding carboxylic acids is 2. The van der Waals surface area contributed by atoms with Gasteiger partial charge in [-0.3, -0.25) is 4.79 Å². The van der Waals surface area contributed by atoms with Gasteiger partial charge >= 0.3 is 6.03 Å². The lowest BCUT2D eigenvalue weighted by atomic mass is 10.0. The Hall–Kier alpha value is -1.26. The Balaban J connectivity index is 1.57. The van der Waals surface area contributed by atoms with E-state index in [2.05, 4.69) is 16.0 Å². The normalized spacial score (nSPS) is 24.6. The van der Waals surface area contributed by atoms with E-state index in [-0.39, 0.29) is 17.9 Å². The molecule has 2 fully saturated rings. The third kappa shape index (κ3) is 5.09. The van der Waals surface area contributed by atoms with Gasteiger partial charge in [-0.25, -0.2) is 4.79 Å². The van der Waals surface area contributed by atoms with E-state index in [0.29, 0.717) is 25.4 Å². The molecule has 3 amide bonds. The van der Waals surface area contributed by atoms with Gasteiger partial charge in [-0.1, -0.05) is 25.7 Å². The van der Waals surface area contributed by atoms with Crippen LogP contribution in [-0.2, 0) is 4.79 Å². The number of rotatable bonds is 4. The first-order valence-electron chi connectivity index (χ1n) is 7.52. The minimum absolute atomic E-state index is 0.0886. The van der Waals surface area contributed by atoms with Crippen molar-refractivity contribution in [3.63, 3.8) is 0 Å². The number of amides is 3. The lowest BCUT2D eigenvalue weighted by molar-refractivity contribution is -0.119. The third-order valence-corrected chi connectivity index (χ3v) is 4.14. The van der Waals surface area contributed by atoms with Crippen LogP contribution in [0.1, 0.15) is 44.9 Å². The topological polar surface area (TPSA) is 70.2 Å². The number of hydrogen-bond donors (Lipinski definition) is 3. The molecular formula is C14H25N3O2. The van der Waals surface area contributed by atoms with Crippen molar-refractivity contribution < 1.29 is 9.59 Å². The highest BCUT2D eigenvalue weighted by molar-refractivity contribution is 5.78. The van der Waals surface area contributed by atoms with Crippen LogP contribution in [0.3, 0.4) is 0 Å². The maximum Gasteiger partial charge on any atom is 0.314 e. The molecule has 1 heterocycles. The summed E-state index contributed by atoms with van der Waals surface area (Å²) in [6, 6.07) is -0.0939. The van der Waals surface area contributed by atoms with Gasteiger partial charge in [-0.2, -0.15) is 0 Å². The average molecular weight is 267 g/mol. The molecule has 0 spiro atoms. The SMILES string of the molecule is O=C1CC(CNC(=O)NCC2CCCCCC2)CN1. The predicted molar refractivity (Wildman–Crippen MR) is 73.7 cm³/mol. The number of carbonyl (C=O) groups is 2. The Morgan fingerprint density at radius 2 is 1.68 bits per heavy atom. The molecule has 0 aromatic heterocycles. The standard InChI is InChI=1S/C14H25N3O2/c18-13-7-12(9-15-13)10-17-14(19)16-8-11-5-3-1-2-4-6-11/h11-12H,1-10H2,(H,15,18)(H2,16,17,19). The van der Waals surface area contributed by atoms with Crippen LogP contribution >= 0.6 is 0 Å². The molecule has 0 aromatic rings. The summed E-state index contributed by atoms with van der Waals surface area (Å²) in [5.41, 5.74) is 0. The van der Waals surface area contributed by atoms with E-state index in [1.165, 1.54) is 38.5 Å². The maximum atomic E-state index is 11.7. The van der Waals surface area contributed by atoms with Crippen molar-refractivity contribution in [2.45, 2.75) is 44.9 Å². The van der Waals surface area contributed by atoms with Crippen LogP contribution in [0, 0.1) is 11.8 Å². The Labute approximate surface area is 114 Å². The van der Waals surface area contributed by atoms with Crippen molar-refractivity contribution in [3.05, 3.63) is 0 Å². The monoisotopic (exact) mass is 267 g/mol. The van der Waals surface area contributed by atoms with Crippen molar-refractivity contribution in [1.82, 2.24) is 16.0 Å². The summed E-state index contributed by atoms with van der Waals surface area (Å²) in [4.78, 5) is 22.7. The van der Waals surface area contributed by atoms with E-state index >= 15 is 0 Å². The van der Waals surface area contributed by atoms with Crippen molar-refractivity contribution in [2.24, 2.45) is 11.8 Å². The van der Waals surface area contributed by atoms with Gasteiger partial charge in [0, 0.05) is 32.0 Å². The highest BCUT2D eigenvalue weighted by Gasteiger charge is 2.21. The minimum atomic E-state index is -0.0939. The molecule has 3 N–H and O–H groups in total. The van der Waals surface area contributed by atoms with E-state index in [1.54, 1.807) is 0 Å². The molecule has 1 saturated carbocycles. The van der Waals surface area contributed by atoms with Crippen LogP contribution in [0.4, 0.5) is 4.79 Å². The fourth-order valence-corrected chi connectivity index (χ4v) is 2.91. The van der Waals surface area contributed by atoms with Crippen LogP contribution < -0.4 is 16.0 Å². The lowest BCUT2D eigenvalue weighted by Crippen LogP contribution is -2.40. The highest BCUT2D eigenvalue weighted by atomic mass is 16.2. The second-order valence-electron chi connectivity index (χ2n) is 5.82. The van der Waals surface area contributed by atoms with Crippen molar-refractivity contribution in [3.8, 4) is 0 Å². The van der Waals surface area contributed by atoms with Gasteiger partial charge in [-0.15, -0.1) is 0 Å². The Morgan fingerprint density at radius 3 is 2.26 bits per heavy atom. The molecule has 0 aromatic carbocycles. The molecule has 5 heteroatoms. The number of nitrogens with one attached hydrogen (secondary N) is 3. The lowest BCUT2D eigenvalue weighted by Gasteiger charge is -2.16. The smallest absolute Gasteiger partial charge is 0.314 e. The van der Waals surface area contributed by atoms with Crippen LogP contribution in [-0.4, -0.2) is 31.6 Å².